The normalized spacial score (nSPS) is 19.0. The molecule has 0 unspecified atom stereocenters. The second-order valence-corrected chi connectivity index (χ2v) is 20.1. The summed E-state index contributed by atoms with van der Waals surface area (Å²) in [4.78, 5) is 32.1. The summed E-state index contributed by atoms with van der Waals surface area (Å²) in [5.74, 6) is -0.229. The number of nitrogens with one attached hydrogen (secondary N) is 4. The van der Waals surface area contributed by atoms with Crippen molar-refractivity contribution in [3.63, 3.8) is 0 Å². The molecule has 0 radical (unpaired) electrons. The van der Waals surface area contributed by atoms with Gasteiger partial charge < -0.3 is 18.9 Å². The Labute approximate surface area is 478 Å². The maximum absolute atomic E-state index is 13.5. The molecule has 2 fully saturated rings. The number of benzene rings is 6. The highest BCUT2D eigenvalue weighted by Crippen LogP contribution is 2.43. The number of nitrogens with zero attached hydrogens (tertiary/aromatic N) is 4. The first-order chi connectivity index (χ1) is 40.5. The smallest absolute Gasteiger partial charge is 0.349 e. The van der Waals surface area contributed by atoms with Crippen LogP contribution in [0.5, 0.6) is 0 Å². The summed E-state index contributed by atoms with van der Waals surface area (Å²) in [5.41, 5.74) is -3.41. The molecule has 28 heteroatoms. The van der Waals surface area contributed by atoms with Crippen molar-refractivity contribution in [3.05, 3.63) is 222 Å². The predicted molar refractivity (Wildman–Crippen MR) is 280 cm³/mol. The fourth-order valence-corrected chi connectivity index (χ4v) is 9.92. The van der Waals surface area contributed by atoms with Crippen molar-refractivity contribution in [2.45, 2.75) is 88.5 Å². The maximum atomic E-state index is 13.5. The lowest BCUT2D eigenvalue weighted by atomic mass is 9.97. The number of ether oxygens (including phenoxy) is 4. The molecule has 10 rings (SSSR count). The van der Waals surface area contributed by atoms with E-state index in [9.17, 15) is 71.1 Å². The van der Waals surface area contributed by atoms with Crippen LogP contribution < -0.4 is 11.4 Å². The zero-order valence-electron chi connectivity index (χ0n) is 44.9. The molecule has 0 aliphatic carbocycles. The summed E-state index contributed by atoms with van der Waals surface area (Å²) in [5, 5.41) is 12.5. The van der Waals surface area contributed by atoms with Crippen molar-refractivity contribution in [3.8, 4) is 22.3 Å². The van der Waals surface area contributed by atoms with Crippen molar-refractivity contribution in [1.29, 1.82) is 0 Å². The SMILES string of the molecule is C[C@@H](O[C@H]1OCCN(Cc2n[nH]c(=O)[nH]2)[C@H]1c1cccc(-c2ccc(F)cc2)c1)c1cc(C(F)(F)F)cc(C(F)(F)F)c1.C[C@H](O[C@@H]1OCCN(Cc2n[nH]c(=O)[nH]2)[C@@H]1c1cccc(-c2ccc(F)cc2)c1)c1cc(C(F)(F)F)cc(C(F)(F)F)c1. The van der Waals surface area contributed by atoms with Gasteiger partial charge in [-0.1, -0.05) is 60.7 Å². The van der Waals surface area contributed by atoms with Gasteiger partial charge in [0.05, 0.1) is 72.8 Å². The van der Waals surface area contributed by atoms with Gasteiger partial charge in [0.25, 0.3) is 0 Å². The van der Waals surface area contributed by atoms with Crippen LogP contribution in [0.25, 0.3) is 22.3 Å². The minimum absolute atomic E-state index is 0.0590. The molecule has 6 aromatic carbocycles. The third-order valence-corrected chi connectivity index (χ3v) is 14.1. The number of H-pyrrole nitrogens is 4. The van der Waals surface area contributed by atoms with Gasteiger partial charge in [0, 0.05) is 13.1 Å². The number of morpholine rings is 2. The first-order valence-corrected chi connectivity index (χ1v) is 26.2. The highest BCUT2D eigenvalue weighted by molar-refractivity contribution is 5.65. The van der Waals surface area contributed by atoms with Crippen LogP contribution in [-0.4, -0.2) is 79.0 Å². The molecule has 6 atom stereocenters. The average Bonchev–Trinajstić information content (AvgIpc) is 2.25. The quantitative estimate of drug-likeness (QED) is 0.0770. The Morgan fingerprint density at radius 3 is 1.13 bits per heavy atom. The van der Waals surface area contributed by atoms with Gasteiger partial charge >= 0.3 is 36.1 Å². The van der Waals surface area contributed by atoms with E-state index in [0.717, 1.165) is 11.1 Å². The summed E-state index contributed by atoms with van der Waals surface area (Å²) >= 11 is 0. The van der Waals surface area contributed by atoms with E-state index < -0.39 is 107 Å². The molecule has 456 valence electrons. The molecule has 0 spiro atoms. The van der Waals surface area contributed by atoms with Gasteiger partial charge in [-0.15, -0.1) is 0 Å². The lowest BCUT2D eigenvalue weighted by Crippen LogP contribution is -2.46. The van der Waals surface area contributed by atoms with Gasteiger partial charge in [0.15, 0.2) is 12.6 Å². The number of aromatic amines is 4. The summed E-state index contributed by atoms with van der Waals surface area (Å²) in [6.07, 6.45) is -24.9. The molecule has 2 aromatic heterocycles. The molecule has 0 saturated carbocycles. The average molecular weight is 1220 g/mol. The fourth-order valence-electron chi connectivity index (χ4n) is 9.92. The van der Waals surface area contributed by atoms with Crippen LogP contribution in [0.15, 0.2) is 143 Å². The van der Waals surface area contributed by atoms with E-state index in [1.165, 1.54) is 38.1 Å². The number of rotatable bonds is 14. The molecule has 0 bridgehead atoms. The number of halogens is 14. The maximum Gasteiger partial charge on any atom is 0.416 e. The first kappa shape index (κ1) is 62.5. The summed E-state index contributed by atoms with van der Waals surface area (Å²) < 4.78 is 213. The van der Waals surface area contributed by atoms with Crippen LogP contribution in [0.1, 0.15) is 94.3 Å². The summed E-state index contributed by atoms with van der Waals surface area (Å²) in [6, 6.07) is 27.0. The van der Waals surface area contributed by atoms with E-state index in [4.69, 9.17) is 18.9 Å². The lowest BCUT2D eigenvalue weighted by molar-refractivity contribution is -0.231. The van der Waals surface area contributed by atoms with Crippen LogP contribution in [0.3, 0.4) is 0 Å². The van der Waals surface area contributed by atoms with E-state index in [1.807, 2.05) is 9.80 Å². The third-order valence-electron chi connectivity index (χ3n) is 14.1. The molecule has 2 saturated heterocycles. The van der Waals surface area contributed by atoms with Gasteiger partial charge in [-0.2, -0.15) is 62.9 Å². The zero-order valence-corrected chi connectivity index (χ0v) is 44.9. The molecule has 14 nitrogen and oxygen atoms in total. The number of aromatic nitrogens is 6. The third kappa shape index (κ3) is 15.5. The minimum atomic E-state index is -5.02. The van der Waals surface area contributed by atoms with E-state index in [0.29, 0.717) is 71.3 Å². The second kappa shape index (κ2) is 25.5. The molecular weight excluding hydrogens is 1170 g/mol. The Morgan fingerprint density at radius 1 is 0.488 bits per heavy atom. The Morgan fingerprint density at radius 2 is 0.826 bits per heavy atom. The van der Waals surface area contributed by atoms with Crippen molar-refractivity contribution in [2.24, 2.45) is 0 Å². The van der Waals surface area contributed by atoms with Crippen molar-refractivity contribution in [1.82, 2.24) is 40.2 Å². The Hall–Kier alpha value is -8.02. The fraction of sp³-hybridized carbons (Fsp3) is 0.310. The molecule has 2 aliphatic rings. The molecular formula is C58H50F14N8O6. The highest BCUT2D eigenvalue weighted by Gasteiger charge is 2.42. The molecule has 8 aromatic rings. The van der Waals surface area contributed by atoms with Crippen molar-refractivity contribution in [2.75, 3.05) is 26.3 Å². The molecule has 4 heterocycles. The summed E-state index contributed by atoms with van der Waals surface area (Å²) in [7, 11) is 0. The van der Waals surface area contributed by atoms with Crippen molar-refractivity contribution >= 4 is 0 Å². The monoisotopic (exact) mass is 1220 g/mol. The van der Waals surface area contributed by atoms with E-state index in [-0.39, 0.29) is 49.6 Å². The lowest BCUT2D eigenvalue weighted by Gasteiger charge is -2.41. The van der Waals surface area contributed by atoms with Crippen LogP contribution in [0.2, 0.25) is 0 Å². The molecule has 2 aliphatic heterocycles. The van der Waals surface area contributed by atoms with Gasteiger partial charge in [0.1, 0.15) is 23.3 Å². The number of alkyl halides is 12. The first-order valence-electron chi connectivity index (χ1n) is 26.2. The predicted octanol–water partition coefficient (Wildman–Crippen LogP) is 13.2. The van der Waals surface area contributed by atoms with E-state index >= 15 is 0 Å². The Balaban J connectivity index is 0.000000205. The van der Waals surface area contributed by atoms with E-state index in [2.05, 4.69) is 30.4 Å². The highest BCUT2D eigenvalue weighted by atomic mass is 19.4. The Kier molecular flexibility index (Phi) is 18.5. The van der Waals surface area contributed by atoms with Crippen molar-refractivity contribution < 1.29 is 80.4 Å². The molecule has 4 N–H and O–H groups in total. The van der Waals surface area contributed by atoms with Crippen LogP contribution in [-0.2, 0) is 56.7 Å². The standard InChI is InChI=1S/2C29H25F7N4O3/c2*1-16(20-12-21(28(31,32)33)14-22(13-20)29(34,35)36)43-26-25(40(9-10-42-26)15-24-37-27(41)39-38-24)19-4-2-3-18(11-19)17-5-7-23(30)8-6-17/h2*2-8,11-14,16,25-26H,9-10,15H2,1H3,(H2,37,38,39,41)/t2*16-,25+,26-/m10/s1. The van der Waals surface area contributed by atoms with Crippen LogP contribution >= 0.6 is 0 Å². The topological polar surface area (TPSA) is 166 Å². The van der Waals surface area contributed by atoms with Gasteiger partial charge in [-0.25, -0.2) is 28.6 Å². The van der Waals surface area contributed by atoms with Crippen LogP contribution in [0, 0.1) is 11.6 Å². The number of hydrogen-bond acceptors (Lipinski definition) is 10. The van der Waals surface area contributed by atoms with E-state index in [1.54, 1.807) is 72.8 Å². The van der Waals surface area contributed by atoms with Crippen LogP contribution in [0.4, 0.5) is 61.5 Å². The number of hydrogen-bond donors (Lipinski definition) is 4. The minimum Gasteiger partial charge on any atom is -0.349 e. The molecule has 0 amide bonds. The van der Waals surface area contributed by atoms with Gasteiger partial charge in [-0.05, 0) is 131 Å². The zero-order chi connectivity index (χ0) is 61.9. The van der Waals surface area contributed by atoms with Gasteiger partial charge in [0.2, 0.25) is 0 Å². The second-order valence-electron chi connectivity index (χ2n) is 20.1. The molecule has 86 heavy (non-hydrogen) atoms. The Bertz CT molecular complexity index is 3410. The van der Waals surface area contributed by atoms with Gasteiger partial charge in [-0.3, -0.25) is 19.8 Å². The summed E-state index contributed by atoms with van der Waals surface area (Å²) in [6.45, 7) is 3.79. The largest absolute Gasteiger partial charge is 0.416 e.